The van der Waals surface area contributed by atoms with Crippen molar-refractivity contribution in [2.45, 2.75) is 0 Å². The zero-order valence-corrected chi connectivity index (χ0v) is 5.57. The molecule has 0 aromatic heterocycles. The van der Waals surface area contributed by atoms with Crippen LogP contribution >= 0.6 is 0 Å². The smallest absolute Gasteiger partial charge is 0.222 e. The van der Waals surface area contributed by atoms with Crippen molar-refractivity contribution in [3.8, 4) is 14.8 Å². The number of rotatable bonds is 0. The maximum atomic E-state index is 7.89. The van der Waals surface area contributed by atoms with Crippen LogP contribution in [0.1, 0.15) is 0 Å². The topological polar surface area (TPSA) is 71.4 Å². The van der Waals surface area contributed by atoms with Gasteiger partial charge in [0.2, 0.25) is 0 Å². The molecule has 31 valence electrons. The second kappa shape index (κ2) is 6.60. The van der Waals surface area contributed by atoms with Crippen molar-refractivity contribution in [1.29, 1.82) is 15.8 Å². The normalized spacial score (nSPS) is 4.12. The zero-order chi connectivity index (χ0) is 5.70. The van der Waals surface area contributed by atoms with E-state index in [1.165, 1.54) is 0 Å². The first-order valence-corrected chi connectivity index (χ1v) is 3.27. The van der Waals surface area contributed by atoms with Crippen molar-refractivity contribution in [3.05, 3.63) is 0 Å². The van der Waals surface area contributed by atoms with E-state index in [0.29, 0.717) is 0 Å². The Balaban J connectivity index is 0. The Hall–Kier alpha value is -0.400. The van der Waals surface area contributed by atoms with Crippen molar-refractivity contribution in [2.24, 2.45) is 0 Å². The third-order valence-electron chi connectivity index (χ3n) is 0.387. The molecule has 0 atom stereocenters. The SMILES string of the molecule is N#[C][Al]([C]#N)[C]#N.[Li]. The summed E-state index contributed by atoms with van der Waals surface area (Å²) in [7, 11) is 0. The second-order valence-electron chi connectivity index (χ2n) is 0.820. The first-order valence-electron chi connectivity index (χ1n) is 1.54. The molecule has 0 aromatic rings. The van der Waals surface area contributed by atoms with E-state index < -0.39 is 14.1 Å². The Morgan fingerprint density at radius 2 is 1.12 bits per heavy atom. The summed E-state index contributed by atoms with van der Waals surface area (Å²) in [5.74, 6) is 0. The summed E-state index contributed by atoms with van der Waals surface area (Å²) in [6.07, 6.45) is 0. The molecule has 5 heteroatoms. The quantitative estimate of drug-likeness (QED) is 0.388. The molecule has 8 heavy (non-hydrogen) atoms. The fourth-order valence-corrected chi connectivity index (χ4v) is 0.260. The molecule has 0 aliphatic carbocycles. The van der Waals surface area contributed by atoms with Crippen LogP contribution < -0.4 is 0 Å². The first kappa shape index (κ1) is 10.6. The van der Waals surface area contributed by atoms with Gasteiger partial charge in [0.1, 0.15) is 0 Å². The van der Waals surface area contributed by atoms with E-state index in [1.54, 1.807) is 14.8 Å². The Labute approximate surface area is 63.7 Å². The number of nitrogens with zero attached hydrogens (tertiary/aromatic N) is 3. The van der Waals surface area contributed by atoms with Crippen LogP contribution in [0.5, 0.6) is 0 Å². The average Bonchev–Trinajstić information content (AvgIpc) is 1.72. The van der Waals surface area contributed by atoms with Crippen molar-refractivity contribution in [1.82, 2.24) is 0 Å². The summed E-state index contributed by atoms with van der Waals surface area (Å²) < 4.78 is 0. The third kappa shape index (κ3) is 3.78. The van der Waals surface area contributed by atoms with Gasteiger partial charge < -0.3 is 0 Å². The van der Waals surface area contributed by atoms with E-state index in [0.717, 1.165) is 0 Å². The van der Waals surface area contributed by atoms with E-state index >= 15 is 0 Å². The molecule has 0 saturated heterocycles. The van der Waals surface area contributed by atoms with Gasteiger partial charge in [0.05, 0.1) is 0 Å². The standard InChI is InChI=1S/3CN.Al.Li/c3*1-2;;. The van der Waals surface area contributed by atoms with Gasteiger partial charge in [-0.2, -0.15) is 0 Å². The number of nitriles is 3. The Kier molecular flexibility index (Phi) is 8.71. The minimum Gasteiger partial charge on any atom is -0.222 e. The molecule has 0 amide bonds. The van der Waals surface area contributed by atoms with Gasteiger partial charge in [-0.15, -0.1) is 0 Å². The second-order valence-corrected chi connectivity index (χ2v) is 2.46. The maximum absolute atomic E-state index is 7.89. The van der Waals surface area contributed by atoms with Gasteiger partial charge in [0.15, 0.2) is 0 Å². The predicted molar refractivity (Wildman–Crippen MR) is 28.3 cm³/mol. The van der Waals surface area contributed by atoms with Crippen molar-refractivity contribution < 1.29 is 0 Å². The molecule has 0 fully saturated rings. The van der Waals surface area contributed by atoms with Gasteiger partial charge in [-0.3, -0.25) is 0 Å². The van der Waals surface area contributed by atoms with Crippen LogP contribution in [0.25, 0.3) is 0 Å². The maximum Gasteiger partial charge on any atom is 0.692 e. The van der Waals surface area contributed by atoms with Crippen molar-refractivity contribution >= 4 is 33.0 Å². The minimum absolute atomic E-state index is 0. The summed E-state index contributed by atoms with van der Waals surface area (Å²) >= 11 is -2.25. The van der Waals surface area contributed by atoms with Gasteiger partial charge in [-0.1, -0.05) is 0 Å². The Morgan fingerprint density at radius 1 is 0.875 bits per heavy atom. The number of hydrogen-bond acceptors (Lipinski definition) is 3. The summed E-state index contributed by atoms with van der Waals surface area (Å²) in [5.41, 5.74) is 0. The van der Waals surface area contributed by atoms with E-state index in [-0.39, 0.29) is 18.9 Å². The fraction of sp³-hybridized carbons (Fsp3) is 0. The largest absolute Gasteiger partial charge is 0.692 e. The Morgan fingerprint density at radius 3 is 1.12 bits per heavy atom. The van der Waals surface area contributed by atoms with Crippen LogP contribution in [0.15, 0.2) is 0 Å². The molecule has 0 saturated carbocycles. The van der Waals surface area contributed by atoms with Gasteiger partial charge in [0.25, 0.3) is 0 Å². The summed E-state index contributed by atoms with van der Waals surface area (Å²) in [6.45, 7) is 0. The van der Waals surface area contributed by atoms with Crippen LogP contribution in [0.4, 0.5) is 0 Å². The summed E-state index contributed by atoms with van der Waals surface area (Å²) in [5, 5.41) is 23.7. The minimum atomic E-state index is -2.25. The van der Waals surface area contributed by atoms with E-state index in [4.69, 9.17) is 15.8 Å². The van der Waals surface area contributed by atoms with Gasteiger partial charge >= 0.3 is 14.1 Å². The van der Waals surface area contributed by atoms with Gasteiger partial charge in [0, 0.05) is 18.9 Å². The average molecular weight is 112 g/mol. The summed E-state index contributed by atoms with van der Waals surface area (Å²) in [4.78, 5) is 4.85. The van der Waals surface area contributed by atoms with Crippen molar-refractivity contribution in [3.63, 3.8) is 0 Å². The molecule has 0 aromatic carbocycles. The van der Waals surface area contributed by atoms with Crippen molar-refractivity contribution in [2.75, 3.05) is 0 Å². The van der Waals surface area contributed by atoms with Crippen LogP contribution in [-0.2, 0) is 0 Å². The first-order chi connectivity index (χ1) is 3.35. The molecular formula is C3AlLiN3. The van der Waals surface area contributed by atoms with E-state index in [1.807, 2.05) is 0 Å². The summed E-state index contributed by atoms with van der Waals surface area (Å²) in [6, 6.07) is 0. The fourth-order valence-electron chi connectivity index (χ4n) is 0.0866. The molecule has 0 aliphatic heterocycles. The van der Waals surface area contributed by atoms with Crippen LogP contribution in [-0.4, -0.2) is 33.0 Å². The molecule has 0 unspecified atom stereocenters. The molecule has 1 radical (unpaired) electrons. The van der Waals surface area contributed by atoms with E-state index in [9.17, 15) is 0 Å². The molecule has 0 rings (SSSR count). The molecular weight excluding hydrogens is 112 g/mol. The van der Waals surface area contributed by atoms with Crippen LogP contribution in [0.3, 0.4) is 0 Å². The monoisotopic (exact) mass is 112 g/mol. The van der Waals surface area contributed by atoms with Gasteiger partial charge in [-0.25, -0.2) is 15.8 Å². The number of hydrogen-bond donors (Lipinski definition) is 0. The molecule has 0 aliphatic rings. The third-order valence-corrected chi connectivity index (χ3v) is 1.16. The molecule has 0 N–H and O–H groups in total. The molecule has 3 nitrogen and oxygen atoms in total. The Bertz CT molecular complexity index is 137. The molecule has 0 spiro atoms. The van der Waals surface area contributed by atoms with Gasteiger partial charge in [-0.05, 0) is 14.8 Å². The van der Waals surface area contributed by atoms with E-state index in [2.05, 4.69) is 0 Å². The predicted octanol–water partition coefficient (Wildman–Crippen LogP) is -0.711. The van der Waals surface area contributed by atoms with Crippen LogP contribution in [0.2, 0.25) is 0 Å². The molecule has 0 bridgehead atoms. The van der Waals surface area contributed by atoms with Crippen LogP contribution in [0, 0.1) is 30.6 Å². The zero-order valence-electron chi connectivity index (χ0n) is 4.42. The molecule has 0 heterocycles.